The fraction of sp³-hybridized carbons (Fsp3) is 0.167. The molecule has 160 valence electrons. The fourth-order valence-corrected chi connectivity index (χ4v) is 3.44. The molecule has 2 aromatic carbocycles. The van der Waals surface area contributed by atoms with E-state index in [1.54, 1.807) is 30.6 Å². The van der Waals surface area contributed by atoms with E-state index in [1.165, 1.54) is 12.1 Å². The average Bonchev–Trinajstić information content (AvgIpc) is 3.18. The molecule has 0 bridgehead atoms. The van der Waals surface area contributed by atoms with Crippen LogP contribution in [0.15, 0.2) is 61.1 Å². The van der Waals surface area contributed by atoms with E-state index in [0.717, 1.165) is 17.0 Å². The smallest absolute Gasteiger partial charge is 0.159 e. The lowest BCUT2D eigenvalue weighted by molar-refractivity contribution is 0.186. The van der Waals surface area contributed by atoms with Crippen LogP contribution in [-0.4, -0.2) is 31.2 Å². The molecule has 7 nitrogen and oxygen atoms in total. The second-order valence-corrected chi connectivity index (χ2v) is 7.39. The maximum atomic E-state index is 13.6. The summed E-state index contributed by atoms with van der Waals surface area (Å²) < 4.78 is 15.6. The molecule has 0 spiro atoms. The molecular weight excluding hydrogens is 407 g/mol. The number of hydrogen-bond donors (Lipinski definition) is 2. The van der Waals surface area contributed by atoms with E-state index in [0.29, 0.717) is 34.8 Å². The number of nitrogens with two attached hydrogens (primary N) is 1. The summed E-state index contributed by atoms with van der Waals surface area (Å²) in [5.41, 5.74) is 9.50. The van der Waals surface area contributed by atoms with E-state index < -0.39 is 6.10 Å². The maximum absolute atomic E-state index is 13.6. The first-order valence-electron chi connectivity index (χ1n) is 10.0. The summed E-state index contributed by atoms with van der Waals surface area (Å²) in [5.74, 6) is 0.902. The summed E-state index contributed by atoms with van der Waals surface area (Å²) in [6.07, 6.45) is 4.13. The van der Waals surface area contributed by atoms with Crippen molar-refractivity contribution >= 4 is 0 Å². The zero-order valence-electron chi connectivity index (χ0n) is 17.4. The number of aryl methyl sites for hydroxylation is 1. The number of hydrogen-bond acceptors (Lipinski definition) is 6. The van der Waals surface area contributed by atoms with E-state index in [9.17, 15) is 14.8 Å². The van der Waals surface area contributed by atoms with Crippen molar-refractivity contribution in [1.82, 2.24) is 19.5 Å². The zero-order chi connectivity index (χ0) is 22.7. The lowest BCUT2D eigenvalue weighted by Crippen LogP contribution is -2.12. The van der Waals surface area contributed by atoms with Crippen LogP contribution in [0.2, 0.25) is 0 Å². The van der Waals surface area contributed by atoms with Crippen LogP contribution in [0.1, 0.15) is 28.6 Å². The van der Waals surface area contributed by atoms with Gasteiger partial charge in [0.2, 0.25) is 0 Å². The van der Waals surface area contributed by atoms with Crippen molar-refractivity contribution < 1.29 is 9.50 Å². The van der Waals surface area contributed by atoms with E-state index in [2.05, 4.69) is 21.0 Å². The lowest BCUT2D eigenvalue weighted by Gasteiger charge is -2.12. The van der Waals surface area contributed by atoms with Gasteiger partial charge >= 0.3 is 0 Å². The molecule has 0 unspecified atom stereocenters. The van der Waals surface area contributed by atoms with Crippen LogP contribution in [0.4, 0.5) is 4.39 Å². The van der Waals surface area contributed by atoms with Crippen LogP contribution in [0.5, 0.6) is 0 Å². The average molecular weight is 428 g/mol. The minimum absolute atomic E-state index is 0.0817. The second-order valence-electron chi connectivity index (χ2n) is 7.39. The standard InChI is InChI=1S/C24H21FN6O/c1-15-30-22(17-3-2-4-20(25)8-17)14-31(15)13-18-7-16(9-26)5-6-21(18)24-28-11-19(12-29-24)23(32)10-27/h2-8,11-12,14,23,32H,10,13,27H2,1H3/t23-/m1/s1. The van der Waals surface area contributed by atoms with Gasteiger partial charge in [-0.25, -0.2) is 19.3 Å². The predicted octanol–water partition coefficient (Wildman–Crippen LogP) is 3.37. The summed E-state index contributed by atoms with van der Waals surface area (Å²) in [7, 11) is 0. The number of rotatable bonds is 6. The summed E-state index contributed by atoms with van der Waals surface area (Å²) in [5, 5.41) is 19.2. The Balaban J connectivity index is 1.71. The number of aliphatic hydroxyl groups is 1. The first-order valence-corrected chi connectivity index (χ1v) is 10.0. The third-order valence-electron chi connectivity index (χ3n) is 5.19. The highest BCUT2D eigenvalue weighted by molar-refractivity contribution is 5.63. The Kier molecular flexibility index (Phi) is 6.03. The van der Waals surface area contributed by atoms with Gasteiger partial charge in [-0.05, 0) is 42.8 Å². The van der Waals surface area contributed by atoms with Crippen LogP contribution in [-0.2, 0) is 6.54 Å². The third-order valence-corrected chi connectivity index (χ3v) is 5.19. The molecule has 32 heavy (non-hydrogen) atoms. The molecule has 8 heteroatoms. The number of halogens is 1. The largest absolute Gasteiger partial charge is 0.387 e. The molecule has 2 aromatic heterocycles. The van der Waals surface area contributed by atoms with Gasteiger partial charge in [-0.15, -0.1) is 0 Å². The summed E-state index contributed by atoms with van der Waals surface area (Å²) >= 11 is 0. The summed E-state index contributed by atoms with van der Waals surface area (Å²) in [4.78, 5) is 13.3. The molecule has 0 saturated carbocycles. The molecule has 0 aliphatic heterocycles. The number of aromatic nitrogens is 4. The van der Waals surface area contributed by atoms with Gasteiger partial charge < -0.3 is 15.4 Å². The highest BCUT2D eigenvalue weighted by atomic mass is 19.1. The van der Waals surface area contributed by atoms with Crippen molar-refractivity contribution in [3.05, 3.63) is 89.4 Å². The van der Waals surface area contributed by atoms with E-state index in [1.807, 2.05) is 29.8 Å². The molecule has 0 fully saturated rings. The van der Waals surface area contributed by atoms with Crippen LogP contribution >= 0.6 is 0 Å². The molecule has 3 N–H and O–H groups in total. The number of benzene rings is 2. The summed E-state index contributed by atoms with van der Waals surface area (Å²) in [6, 6.07) is 13.8. The molecule has 4 aromatic rings. The fourth-order valence-electron chi connectivity index (χ4n) is 3.44. The van der Waals surface area contributed by atoms with Crippen molar-refractivity contribution in [2.75, 3.05) is 6.54 Å². The molecular formula is C24H21FN6O. The number of nitriles is 1. The monoisotopic (exact) mass is 428 g/mol. The minimum atomic E-state index is -0.820. The second kappa shape index (κ2) is 9.06. The molecule has 0 saturated heterocycles. The van der Waals surface area contributed by atoms with E-state index in [-0.39, 0.29) is 12.4 Å². The van der Waals surface area contributed by atoms with Gasteiger partial charge in [-0.3, -0.25) is 0 Å². The highest BCUT2D eigenvalue weighted by Crippen LogP contribution is 2.25. The minimum Gasteiger partial charge on any atom is -0.387 e. The van der Waals surface area contributed by atoms with Gasteiger partial charge in [0.05, 0.1) is 23.4 Å². The van der Waals surface area contributed by atoms with Gasteiger partial charge in [0.25, 0.3) is 0 Å². The van der Waals surface area contributed by atoms with Gasteiger partial charge in [0, 0.05) is 48.4 Å². The van der Waals surface area contributed by atoms with Crippen LogP contribution in [0.25, 0.3) is 22.6 Å². The number of aliphatic hydroxyl groups excluding tert-OH is 1. The SMILES string of the molecule is Cc1nc(-c2cccc(F)c2)cn1Cc1cc(C#N)ccc1-c1ncc([C@H](O)CN)cn1. The Morgan fingerprint density at radius 3 is 2.66 bits per heavy atom. The molecule has 1 atom stereocenters. The molecule has 0 aliphatic carbocycles. The van der Waals surface area contributed by atoms with Crippen molar-refractivity contribution in [1.29, 1.82) is 5.26 Å². The Labute approximate surface area is 184 Å². The molecule has 0 aliphatic rings. The quantitative estimate of drug-likeness (QED) is 0.487. The van der Waals surface area contributed by atoms with Gasteiger partial charge in [0.15, 0.2) is 5.82 Å². The highest BCUT2D eigenvalue weighted by Gasteiger charge is 2.14. The van der Waals surface area contributed by atoms with Crippen molar-refractivity contribution in [2.24, 2.45) is 5.73 Å². The van der Waals surface area contributed by atoms with Gasteiger partial charge in [-0.1, -0.05) is 12.1 Å². The predicted molar refractivity (Wildman–Crippen MR) is 118 cm³/mol. The van der Waals surface area contributed by atoms with Gasteiger partial charge in [-0.2, -0.15) is 5.26 Å². The molecule has 0 radical (unpaired) electrons. The molecule has 0 amide bonds. The normalized spacial score (nSPS) is 11.8. The maximum Gasteiger partial charge on any atom is 0.159 e. The first kappa shape index (κ1) is 21.3. The first-order chi connectivity index (χ1) is 15.5. The van der Waals surface area contributed by atoms with Gasteiger partial charge in [0.1, 0.15) is 11.6 Å². The molecule has 2 heterocycles. The molecule has 4 rings (SSSR count). The van der Waals surface area contributed by atoms with Crippen LogP contribution in [0, 0.1) is 24.1 Å². The zero-order valence-corrected chi connectivity index (χ0v) is 17.4. The van der Waals surface area contributed by atoms with Crippen molar-refractivity contribution in [3.8, 4) is 28.7 Å². The van der Waals surface area contributed by atoms with Crippen molar-refractivity contribution in [3.63, 3.8) is 0 Å². The summed E-state index contributed by atoms with van der Waals surface area (Å²) in [6.45, 7) is 2.38. The topological polar surface area (TPSA) is 114 Å². The number of nitrogens with zero attached hydrogens (tertiary/aromatic N) is 5. The van der Waals surface area contributed by atoms with E-state index in [4.69, 9.17) is 5.73 Å². The Hall–Kier alpha value is -3.93. The number of imidazole rings is 1. The van der Waals surface area contributed by atoms with Crippen molar-refractivity contribution in [2.45, 2.75) is 19.6 Å². The Bertz CT molecular complexity index is 1290. The van der Waals surface area contributed by atoms with E-state index >= 15 is 0 Å². The van der Waals surface area contributed by atoms with Crippen LogP contribution < -0.4 is 5.73 Å². The Morgan fingerprint density at radius 2 is 1.97 bits per heavy atom. The third kappa shape index (κ3) is 4.39. The van der Waals surface area contributed by atoms with Crippen LogP contribution in [0.3, 0.4) is 0 Å². The lowest BCUT2D eigenvalue weighted by atomic mass is 10.0. The Morgan fingerprint density at radius 1 is 1.19 bits per heavy atom.